The van der Waals surface area contributed by atoms with Gasteiger partial charge in [-0.2, -0.15) is 0 Å². The van der Waals surface area contributed by atoms with E-state index in [1.165, 1.54) is 0 Å². The molecule has 0 fully saturated rings. The topological polar surface area (TPSA) is 0 Å². The second kappa shape index (κ2) is 19.3. The minimum absolute atomic E-state index is 0. The first kappa shape index (κ1) is 35.6. The third-order valence-corrected chi connectivity index (χ3v) is 0. The Morgan fingerprint density at radius 3 is 0.500 bits per heavy atom. The SMILES string of the molecule is Br.Br.Br.[Pt]. The summed E-state index contributed by atoms with van der Waals surface area (Å²) in [5, 5.41) is 0. The Labute approximate surface area is 71.3 Å². The predicted molar refractivity (Wildman–Crippen MR) is 31.0 cm³/mol. The predicted octanol–water partition coefficient (Wildman–Crippen LogP) is 1.73. The van der Waals surface area contributed by atoms with Gasteiger partial charge in [0, 0.05) is 21.1 Å². The maximum Gasteiger partial charge on any atom is 0 e. The Morgan fingerprint density at radius 1 is 0.500 bits per heavy atom. The van der Waals surface area contributed by atoms with Crippen molar-refractivity contribution in [2.45, 2.75) is 0 Å². The summed E-state index contributed by atoms with van der Waals surface area (Å²) in [7, 11) is 0. The van der Waals surface area contributed by atoms with Gasteiger partial charge in [0.05, 0.1) is 0 Å². The van der Waals surface area contributed by atoms with Gasteiger partial charge in [-0.25, -0.2) is 0 Å². The molecular weight excluding hydrogens is 435 g/mol. The zero-order valence-corrected chi connectivity index (χ0v) is 8.95. The van der Waals surface area contributed by atoms with E-state index in [-0.39, 0.29) is 72.0 Å². The van der Waals surface area contributed by atoms with Crippen molar-refractivity contribution < 1.29 is 21.1 Å². The molecule has 0 radical (unpaired) electrons. The first-order valence-electron chi connectivity index (χ1n) is 0. The zero-order chi connectivity index (χ0) is 0. The Hall–Kier alpha value is 2.13. The second-order valence-corrected chi connectivity index (χ2v) is 0. The van der Waals surface area contributed by atoms with Crippen LogP contribution in [0, 0.1) is 0 Å². The molecule has 0 aromatic carbocycles. The van der Waals surface area contributed by atoms with E-state index in [1.807, 2.05) is 0 Å². The summed E-state index contributed by atoms with van der Waals surface area (Å²) in [5.74, 6) is 0. The van der Waals surface area contributed by atoms with E-state index in [2.05, 4.69) is 0 Å². The van der Waals surface area contributed by atoms with E-state index >= 15 is 0 Å². The molecule has 0 rings (SSSR count). The first-order valence-corrected chi connectivity index (χ1v) is 0. The van der Waals surface area contributed by atoms with E-state index in [0.29, 0.717) is 0 Å². The minimum atomic E-state index is 0. The van der Waals surface area contributed by atoms with Crippen LogP contribution in [0.4, 0.5) is 0 Å². The molecule has 0 aliphatic carbocycles. The van der Waals surface area contributed by atoms with Gasteiger partial charge in [0.2, 0.25) is 0 Å². The van der Waals surface area contributed by atoms with Crippen LogP contribution in [-0.2, 0) is 21.1 Å². The smallest absolute Gasteiger partial charge is 0 e. The third-order valence-electron chi connectivity index (χ3n) is 0. The van der Waals surface area contributed by atoms with Crippen LogP contribution in [0.15, 0.2) is 0 Å². The van der Waals surface area contributed by atoms with Crippen LogP contribution < -0.4 is 0 Å². The quantitative estimate of drug-likeness (QED) is 0.541. The number of hydrogen-bond acceptors (Lipinski definition) is 0. The van der Waals surface area contributed by atoms with Crippen molar-refractivity contribution >= 4 is 50.9 Å². The second-order valence-electron chi connectivity index (χ2n) is 0. The van der Waals surface area contributed by atoms with E-state index in [0.717, 1.165) is 0 Å². The standard InChI is InChI=1S/3BrH.Pt/h3*1H;. The van der Waals surface area contributed by atoms with Gasteiger partial charge in [-0.05, 0) is 0 Å². The third kappa shape index (κ3) is 8.92. The van der Waals surface area contributed by atoms with Crippen LogP contribution in [0.5, 0.6) is 0 Å². The molecule has 0 unspecified atom stereocenters. The minimum Gasteiger partial charge on any atom is -0.114 e. The first-order chi connectivity index (χ1) is 0. The largest absolute Gasteiger partial charge is 0.114 e. The zero-order valence-electron chi connectivity index (χ0n) is 1.54. The van der Waals surface area contributed by atoms with Crippen LogP contribution in [-0.4, -0.2) is 0 Å². The molecule has 0 amide bonds. The Kier molecular flexibility index (Phi) is 172. The van der Waals surface area contributed by atoms with Gasteiger partial charge < -0.3 is 0 Å². The number of hydrogen-bond donors (Lipinski definition) is 0. The fraction of sp³-hybridized carbons (Fsp3) is 0. The van der Waals surface area contributed by atoms with Crippen LogP contribution in [0.2, 0.25) is 0 Å². The fourth-order valence-corrected chi connectivity index (χ4v) is 0. The van der Waals surface area contributed by atoms with Crippen LogP contribution >= 0.6 is 50.9 Å². The fourth-order valence-electron chi connectivity index (χ4n) is 0. The average Bonchev–Trinajstić information content (AvgIpc) is 0. The van der Waals surface area contributed by atoms with Gasteiger partial charge in [0.1, 0.15) is 0 Å². The molecule has 4 heavy (non-hydrogen) atoms. The van der Waals surface area contributed by atoms with Crippen LogP contribution in [0.3, 0.4) is 0 Å². The number of halogens is 3. The van der Waals surface area contributed by atoms with Gasteiger partial charge in [-0.1, -0.05) is 0 Å². The van der Waals surface area contributed by atoms with Crippen LogP contribution in [0.1, 0.15) is 0 Å². The molecule has 4 heteroatoms. The molecule has 0 saturated carbocycles. The van der Waals surface area contributed by atoms with E-state index < -0.39 is 0 Å². The van der Waals surface area contributed by atoms with Crippen molar-refractivity contribution in [1.29, 1.82) is 0 Å². The molecule has 34 valence electrons. The molecule has 0 bridgehead atoms. The molecule has 0 atom stereocenters. The van der Waals surface area contributed by atoms with Gasteiger partial charge >= 0.3 is 0 Å². The van der Waals surface area contributed by atoms with Crippen molar-refractivity contribution in [3.05, 3.63) is 0 Å². The van der Waals surface area contributed by atoms with Crippen molar-refractivity contribution in [1.82, 2.24) is 0 Å². The Morgan fingerprint density at radius 2 is 0.500 bits per heavy atom. The van der Waals surface area contributed by atoms with Gasteiger partial charge in [0.25, 0.3) is 0 Å². The maximum atomic E-state index is 0. The van der Waals surface area contributed by atoms with Gasteiger partial charge in [0.15, 0.2) is 0 Å². The Bertz CT molecular complexity index is 3.25. The summed E-state index contributed by atoms with van der Waals surface area (Å²) in [4.78, 5) is 0. The average molecular weight is 438 g/mol. The van der Waals surface area contributed by atoms with Crippen molar-refractivity contribution in [3.8, 4) is 0 Å². The Balaban J connectivity index is 0. The molecule has 0 nitrogen and oxygen atoms in total. The molecule has 0 aliphatic heterocycles. The summed E-state index contributed by atoms with van der Waals surface area (Å²) in [6.45, 7) is 0. The molecule has 0 N–H and O–H groups in total. The molecule has 0 spiro atoms. The molecule has 0 aromatic heterocycles. The molecular formula is H3Br3Pt. The van der Waals surface area contributed by atoms with E-state index in [4.69, 9.17) is 0 Å². The summed E-state index contributed by atoms with van der Waals surface area (Å²) in [6.07, 6.45) is 0. The monoisotopic (exact) mass is 435 g/mol. The van der Waals surface area contributed by atoms with Gasteiger partial charge in [-0.3, -0.25) is 0 Å². The summed E-state index contributed by atoms with van der Waals surface area (Å²) < 4.78 is 0. The molecule has 0 saturated heterocycles. The molecule has 0 heterocycles. The van der Waals surface area contributed by atoms with Crippen molar-refractivity contribution in [2.75, 3.05) is 0 Å². The van der Waals surface area contributed by atoms with Crippen LogP contribution in [0.25, 0.3) is 0 Å². The normalized spacial score (nSPS) is 0. The maximum absolute atomic E-state index is 0. The van der Waals surface area contributed by atoms with E-state index in [9.17, 15) is 0 Å². The van der Waals surface area contributed by atoms with Crippen molar-refractivity contribution in [3.63, 3.8) is 0 Å². The van der Waals surface area contributed by atoms with E-state index in [1.54, 1.807) is 0 Å². The van der Waals surface area contributed by atoms with Gasteiger partial charge in [-0.15, -0.1) is 50.9 Å². The summed E-state index contributed by atoms with van der Waals surface area (Å²) >= 11 is 0. The van der Waals surface area contributed by atoms with Crippen molar-refractivity contribution in [2.24, 2.45) is 0 Å². The summed E-state index contributed by atoms with van der Waals surface area (Å²) in [6, 6.07) is 0. The molecule has 0 aromatic rings. The summed E-state index contributed by atoms with van der Waals surface area (Å²) in [5.41, 5.74) is 0. The molecule has 0 aliphatic rings. The number of rotatable bonds is 0.